The quantitative estimate of drug-likeness (QED) is 0.0559. The Morgan fingerprint density at radius 3 is 2.05 bits per heavy atom. The molecule has 0 aromatic carbocycles. The van der Waals surface area contributed by atoms with Crippen LogP contribution in [0.15, 0.2) is 0 Å². The zero-order chi connectivity index (χ0) is 34.1. The first-order valence-corrected chi connectivity index (χ1v) is 17.1. The van der Waals surface area contributed by atoms with E-state index in [1.165, 1.54) is 4.90 Å². The summed E-state index contributed by atoms with van der Waals surface area (Å²) in [7, 11) is 0. The number of carbonyl (C=O) groups is 7. The molecule has 4 unspecified atom stereocenters. The summed E-state index contributed by atoms with van der Waals surface area (Å²) < 4.78 is 0. The van der Waals surface area contributed by atoms with Crippen molar-refractivity contribution in [3.05, 3.63) is 0 Å². The fourth-order valence-corrected chi connectivity index (χ4v) is 5.40. The minimum Gasteiger partial charge on any atom is -0.481 e. The lowest BCUT2D eigenvalue weighted by Crippen LogP contribution is -2.44. The molecule has 15 heteroatoms. The second-order valence-electron chi connectivity index (χ2n) is 10.4. The van der Waals surface area contributed by atoms with Crippen LogP contribution in [0.5, 0.6) is 0 Å². The molecule has 254 valence electrons. The number of rotatable bonds is 20. The minimum absolute atomic E-state index is 0.00246. The first-order chi connectivity index (χ1) is 20.7. The minimum atomic E-state index is -0.758. The largest absolute Gasteiger partial charge is 0.481 e. The molecule has 1 fully saturated rings. The number of nitrogens with zero attached hydrogens (tertiary/aromatic N) is 1. The van der Waals surface area contributed by atoms with E-state index in [1.807, 2.05) is 20.8 Å². The SMILES string of the molecule is CC(C)NC(=O)C(C)NC=O.CC(NC=O)C(=O)NCSCCCCCC(=O)O.CCCN1C(=O)CC(SC(C)CC)C1=O. The van der Waals surface area contributed by atoms with Crippen molar-refractivity contribution in [2.24, 2.45) is 0 Å². The summed E-state index contributed by atoms with van der Waals surface area (Å²) >= 11 is 3.22. The molecule has 0 aromatic heterocycles. The van der Waals surface area contributed by atoms with Crippen molar-refractivity contribution >= 4 is 65.9 Å². The number of carbonyl (C=O) groups excluding carboxylic acids is 6. The predicted molar refractivity (Wildman–Crippen MR) is 175 cm³/mol. The predicted octanol–water partition coefficient (Wildman–Crippen LogP) is 2.27. The third-order valence-corrected chi connectivity index (χ3v) is 8.42. The molecule has 5 N–H and O–H groups in total. The normalized spacial score (nSPS) is 15.9. The standard InChI is InChI=1S/C11H20N2O4S.C11H19NO2S.C7H14N2O2/c1-9(12-7-14)11(17)13-8-18-6-4-2-3-5-10(15)16;1-4-6-12-10(13)7-9(11(12)14)15-8(3)5-2;1-5(2)9-7(11)6(3)8-4-10/h7,9H,2-6,8H2,1H3,(H,12,14)(H,13,17)(H,15,16);8-9H,4-7H2,1-3H3;4-6H,1-3H3,(H,8,10)(H,9,11). The molecule has 4 atom stereocenters. The van der Waals surface area contributed by atoms with Gasteiger partial charge in [0.15, 0.2) is 0 Å². The van der Waals surface area contributed by atoms with Gasteiger partial charge < -0.3 is 26.4 Å². The molecule has 6 amide bonds. The second-order valence-corrected chi connectivity index (χ2v) is 13.2. The van der Waals surface area contributed by atoms with E-state index in [2.05, 4.69) is 35.1 Å². The molecule has 1 aliphatic rings. The molecule has 13 nitrogen and oxygen atoms in total. The molecule has 0 aromatic rings. The van der Waals surface area contributed by atoms with E-state index in [4.69, 9.17) is 5.11 Å². The van der Waals surface area contributed by atoms with Gasteiger partial charge in [0.2, 0.25) is 36.4 Å². The summed E-state index contributed by atoms with van der Waals surface area (Å²) in [6, 6.07) is -0.855. The first kappa shape index (κ1) is 43.3. The van der Waals surface area contributed by atoms with E-state index in [0.29, 0.717) is 43.3 Å². The van der Waals surface area contributed by atoms with Gasteiger partial charge in [0.1, 0.15) is 12.1 Å². The van der Waals surface area contributed by atoms with Crippen molar-refractivity contribution in [1.29, 1.82) is 0 Å². The molecule has 44 heavy (non-hydrogen) atoms. The van der Waals surface area contributed by atoms with Crippen molar-refractivity contribution in [2.45, 2.75) is 122 Å². The molecule has 0 aliphatic carbocycles. The Hall–Kier alpha value is -2.81. The lowest BCUT2D eigenvalue weighted by molar-refractivity contribution is -0.139. The molecule has 1 heterocycles. The van der Waals surface area contributed by atoms with E-state index in [1.54, 1.807) is 37.4 Å². The smallest absolute Gasteiger partial charge is 0.303 e. The van der Waals surface area contributed by atoms with Gasteiger partial charge in [0.25, 0.3) is 0 Å². The molecule has 1 saturated heterocycles. The lowest BCUT2D eigenvalue weighted by Gasteiger charge is -2.15. The highest BCUT2D eigenvalue weighted by molar-refractivity contribution is 8.01. The first-order valence-electron chi connectivity index (χ1n) is 15.0. The summed E-state index contributed by atoms with van der Waals surface area (Å²) in [5.74, 6) is 0.284. The van der Waals surface area contributed by atoms with Crippen LogP contribution in [0.25, 0.3) is 0 Å². The average Bonchev–Trinajstić information content (AvgIpc) is 3.22. The van der Waals surface area contributed by atoms with Gasteiger partial charge in [-0.2, -0.15) is 0 Å². The summed E-state index contributed by atoms with van der Waals surface area (Å²) in [6.45, 7) is 13.7. The van der Waals surface area contributed by atoms with Gasteiger partial charge in [-0.25, -0.2) is 0 Å². The Morgan fingerprint density at radius 1 is 0.955 bits per heavy atom. The van der Waals surface area contributed by atoms with Crippen LogP contribution in [0.1, 0.15) is 93.4 Å². The molecule has 0 saturated carbocycles. The Morgan fingerprint density at radius 2 is 1.55 bits per heavy atom. The number of carboxylic acid groups (broad SMARTS) is 1. The highest BCUT2D eigenvalue weighted by atomic mass is 32.2. The van der Waals surface area contributed by atoms with Crippen molar-refractivity contribution in [3.8, 4) is 0 Å². The Kier molecular flexibility index (Phi) is 26.2. The molecule has 0 spiro atoms. The molecule has 0 bridgehead atoms. The maximum Gasteiger partial charge on any atom is 0.303 e. The number of nitrogens with one attached hydrogen (secondary N) is 4. The van der Waals surface area contributed by atoms with Crippen molar-refractivity contribution in [2.75, 3.05) is 18.2 Å². The van der Waals surface area contributed by atoms with Gasteiger partial charge in [0, 0.05) is 30.7 Å². The van der Waals surface area contributed by atoms with Crippen LogP contribution in [0.3, 0.4) is 0 Å². The van der Waals surface area contributed by atoms with Crippen LogP contribution in [-0.4, -0.2) is 99.2 Å². The average molecular weight is 664 g/mol. The molecular formula is C29H53N5O8S2. The van der Waals surface area contributed by atoms with Crippen molar-refractivity contribution in [1.82, 2.24) is 26.2 Å². The molecule has 0 radical (unpaired) electrons. The summed E-state index contributed by atoms with van der Waals surface area (Å²) in [5.41, 5.74) is 0. The van der Waals surface area contributed by atoms with Crippen LogP contribution < -0.4 is 21.3 Å². The Balaban J connectivity index is 0. The van der Waals surface area contributed by atoms with Crippen molar-refractivity contribution < 1.29 is 38.7 Å². The number of amides is 6. The highest BCUT2D eigenvalue weighted by Crippen LogP contribution is 2.29. The van der Waals surface area contributed by atoms with E-state index >= 15 is 0 Å². The lowest BCUT2D eigenvalue weighted by atomic mass is 10.2. The van der Waals surface area contributed by atoms with Crippen molar-refractivity contribution in [3.63, 3.8) is 0 Å². The topological polar surface area (TPSA) is 191 Å². The van der Waals surface area contributed by atoms with E-state index in [-0.39, 0.29) is 41.3 Å². The second kappa shape index (κ2) is 26.6. The van der Waals surface area contributed by atoms with Crippen LogP contribution in [0.2, 0.25) is 0 Å². The Labute approximate surface area is 270 Å². The van der Waals surface area contributed by atoms with Gasteiger partial charge in [-0.1, -0.05) is 27.2 Å². The zero-order valence-electron chi connectivity index (χ0n) is 27.2. The van der Waals surface area contributed by atoms with Crippen LogP contribution in [-0.2, 0) is 33.6 Å². The van der Waals surface area contributed by atoms with E-state index < -0.39 is 18.1 Å². The summed E-state index contributed by atoms with van der Waals surface area (Å²) in [5, 5.41) is 18.8. The number of aliphatic carboxylic acids is 1. The van der Waals surface area contributed by atoms with Gasteiger partial charge in [-0.3, -0.25) is 38.5 Å². The Bertz CT molecular complexity index is 894. The van der Waals surface area contributed by atoms with E-state index in [9.17, 15) is 33.6 Å². The molecule has 1 rings (SSSR count). The van der Waals surface area contributed by atoms with Crippen LogP contribution >= 0.6 is 23.5 Å². The van der Waals surface area contributed by atoms with Crippen LogP contribution in [0, 0.1) is 0 Å². The van der Waals surface area contributed by atoms with Gasteiger partial charge in [-0.05, 0) is 59.1 Å². The number of imide groups is 1. The number of hydrogen-bond acceptors (Lipinski definition) is 9. The van der Waals surface area contributed by atoms with Gasteiger partial charge in [-0.15, -0.1) is 23.5 Å². The third-order valence-electron chi connectivity index (χ3n) is 6.00. The van der Waals surface area contributed by atoms with Crippen LogP contribution in [0.4, 0.5) is 0 Å². The number of likely N-dealkylation sites (tertiary alicyclic amines) is 1. The highest BCUT2D eigenvalue weighted by Gasteiger charge is 2.38. The molecule has 1 aliphatic heterocycles. The summed E-state index contributed by atoms with van der Waals surface area (Å²) in [6.07, 6.45) is 6.04. The number of thioether (sulfide) groups is 2. The molecular weight excluding hydrogens is 610 g/mol. The number of carboxylic acids is 1. The third kappa shape index (κ3) is 21.8. The van der Waals surface area contributed by atoms with E-state index in [0.717, 1.165) is 31.4 Å². The number of unbranched alkanes of at least 4 members (excludes halogenated alkanes) is 2. The number of hydrogen-bond donors (Lipinski definition) is 5. The fraction of sp³-hybridized carbons (Fsp3) is 0.759. The monoisotopic (exact) mass is 663 g/mol. The maximum absolute atomic E-state index is 11.8. The van der Waals surface area contributed by atoms with Gasteiger partial charge >= 0.3 is 5.97 Å². The summed E-state index contributed by atoms with van der Waals surface area (Å²) in [4.78, 5) is 77.4. The zero-order valence-corrected chi connectivity index (χ0v) is 28.8. The fourth-order valence-electron chi connectivity index (χ4n) is 3.36. The van der Waals surface area contributed by atoms with Gasteiger partial charge in [0.05, 0.1) is 11.1 Å². The maximum atomic E-state index is 11.8.